The zero-order valence-electron chi connectivity index (χ0n) is 14.1. The molecular formula is C19H17F3N2O3. The second-order valence-electron chi connectivity index (χ2n) is 6.16. The van der Waals surface area contributed by atoms with E-state index in [2.05, 4.69) is 5.32 Å². The first-order valence-corrected chi connectivity index (χ1v) is 8.34. The van der Waals surface area contributed by atoms with Crippen LogP contribution >= 0.6 is 0 Å². The molecule has 5 nitrogen and oxygen atoms in total. The molecule has 0 aliphatic carbocycles. The fraction of sp³-hybridized carbons (Fsp3) is 0.263. The van der Waals surface area contributed by atoms with Crippen LogP contribution in [-0.4, -0.2) is 24.0 Å². The van der Waals surface area contributed by atoms with E-state index in [0.29, 0.717) is 17.2 Å². The van der Waals surface area contributed by atoms with Crippen molar-refractivity contribution in [3.63, 3.8) is 0 Å². The lowest BCUT2D eigenvalue weighted by Gasteiger charge is -2.29. The minimum Gasteiger partial charge on any atom is -0.457 e. The number of anilines is 1. The van der Waals surface area contributed by atoms with Gasteiger partial charge in [-0.1, -0.05) is 18.2 Å². The van der Waals surface area contributed by atoms with Crippen LogP contribution in [0.1, 0.15) is 12.8 Å². The second-order valence-corrected chi connectivity index (χ2v) is 6.16. The number of halogens is 3. The average Bonchev–Trinajstić information content (AvgIpc) is 2.63. The molecule has 8 heteroatoms. The van der Waals surface area contributed by atoms with Gasteiger partial charge in [0.05, 0.1) is 0 Å². The highest BCUT2D eigenvalue weighted by Gasteiger charge is 2.45. The van der Waals surface area contributed by atoms with Gasteiger partial charge in [0, 0.05) is 5.69 Å². The third-order valence-corrected chi connectivity index (χ3v) is 4.19. The summed E-state index contributed by atoms with van der Waals surface area (Å²) in [4.78, 5) is 24.1. The molecule has 0 spiro atoms. The Morgan fingerprint density at radius 2 is 1.63 bits per heavy atom. The van der Waals surface area contributed by atoms with E-state index >= 15 is 0 Å². The number of rotatable bonds is 4. The number of ether oxygens (including phenoxy) is 1. The number of hydrogen-bond donors (Lipinski definition) is 2. The summed E-state index contributed by atoms with van der Waals surface area (Å²) in [6.07, 6.45) is -4.99. The largest absolute Gasteiger partial charge is 0.457 e. The molecule has 2 aromatic carbocycles. The molecule has 2 N–H and O–H groups in total. The van der Waals surface area contributed by atoms with Crippen LogP contribution in [0.4, 0.5) is 18.9 Å². The smallest absolute Gasteiger partial charge is 0.408 e. The number of carbonyl (C=O) groups is 2. The Morgan fingerprint density at radius 3 is 2.22 bits per heavy atom. The third-order valence-electron chi connectivity index (χ3n) is 4.19. The molecule has 27 heavy (non-hydrogen) atoms. The van der Waals surface area contributed by atoms with E-state index in [1.807, 2.05) is 23.5 Å². The molecule has 1 heterocycles. The van der Waals surface area contributed by atoms with Crippen molar-refractivity contribution in [2.75, 3.05) is 5.32 Å². The van der Waals surface area contributed by atoms with Crippen molar-refractivity contribution in [3.05, 3.63) is 54.6 Å². The van der Waals surface area contributed by atoms with Crippen LogP contribution in [0.2, 0.25) is 0 Å². The standard InChI is InChI=1S/C19H17F3N2O3/c20-19(21,22)16-11-10-15(18(26)24-16)17(25)23-12-6-8-14(9-7-12)27-13-4-2-1-3-5-13/h1-9,15-16H,10-11H2,(H,23,25)(H,24,26)/t15-,16+/m0/s1. The van der Waals surface area contributed by atoms with Gasteiger partial charge in [0.1, 0.15) is 23.5 Å². The molecule has 0 radical (unpaired) electrons. The summed E-state index contributed by atoms with van der Waals surface area (Å²) in [5.41, 5.74) is 0.422. The highest BCUT2D eigenvalue weighted by molar-refractivity contribution is 6.06. The van der Waals surface area contributed by atoms with Crippen molar-refractivity contribution in [2.45, 2.75) is 25.1 Å². The number of alkyl halides is 3. The van der Waals surface area contributed by atoms with Gasteiger partial charge in [-0.3, -0.25) is 9.59 Å². The maximum atomic E-state index is 12.7. The minimum absolute atomic E-state index is 0.156. The molecule has 1 aliphatic heterocycles. The average molecular weight is 378 g/mol. The van der Waals surface area contributed by atoms with Crippen LogP contribution in [0.3, 0.4) is 0 Å². The van der Waals surface area contributed by atoms with Crippen LogP contribution in [0.15, 0.2) is 54.6 Å². The van der Waals surface area contributed by atoms with E-state index < -0.39 is 30.0 Å². The number of piperidine rings is 1. The van der Waals surface area contributed by atoms with Gasteiger partial charge >= 0.3 is 6.18 Å². The van der Waals surface area contributed by atoms with Crippen molar-refractivity contribution < 1.29 is 27.5 Å². The van der Waals surface area contributed by atoms with E-state index in [1.165, 1.54) is 0 Å². The maximum absolute atomic E-state index is 12.7. The summed E-state index contributed by atoms with van der Waals surface area (Å²) in [6, 6.07) is 13.7. The van der Waals surface area contributed by atoms with Crippen LogP contribution in [-0.2, 0) is 9.59 Å². The molecular weight excluding hydrogens is 361 g/mol. The van der Waals surface area contributed by atoms with Crippen LogP contribution < -0.4 is 15.4 Å². The van der Waals surface area contributed by atoms with Gasteiger partial charge in [0.2, 0.25) is 11.8 Å². The summed E-state index contributed by atoms with van der Waals surface area (Å²) in [7, 11) is 0. The molecule has 0 bridgehead atoms. The zero-order chi connectivity index (χ0) is 19.4. The number of nitrogens with one attached hydrogen (secondary N) is 2. The van der Waals surface area contributed by atoms with Crippen LogP contribution in [0.25, 0.3) is 0 Å². The fourth-order valence-corrected chi connectivity index (χ4v) is 2.76. The first-order valence-electron chi connectivity index (χ1n) is 8.34. The van der Waals surface area contributed by atoms with Crippen LogP contribution in [0.5, 0.6) is 11.5 Å². The first-order chi connectivity index (χ1) is 12.8. The third kappa shape index (κ3) is 4.78. The molecule has 0 saturated carbocycles. The van der Waals surface area contributed by atoms with Gasteiger partial charge < -0.3 is 15.4 Å². The summed E-state index contributed by atoms with van der Waals surface area (Å²) < 4.78 is 43.6. The lowest BCUT2D eigenvalue weighted by molar-refractivity contribution is -0.170. The molecule has 1 aliphatic rings. The van der Waals surface area contributed by atoms with E-state index in [0.717, 1.165) is 0 Å². The quantitative estimate of drug-likeness (QED) is 0.794. The Kier molecular flexibility index (Phi) is 5.34. The lowest BCUT2D eigenvalue weighted by atomic mass is 9.92. The summed E-state index contributed by atoms with van der Waals surface area (Å²) in [5.74, 6) is -1.48. The minimum atomic E-state index is -4.51. The second kappa shape index (κ2) is 7.69. The van der Waals surface area contributed by atoms with Gasteiger partial charge in [-0.15, -0.1) is 0 Å². The van der Waals surface area contributed by atoms with Crippen molar-refractivity contribution in [2.24, 2.45) is 5.92 Å². The Balaban J connectivity index is 1.57. The van der Waals surface area contributed by atoms with Gasteiger partial charge in [-0.2, -0.15) is 13.2 Å². The first kappa shape index (κ1) is 18.8. The maximum Gasteiger partial charge on any atom is 0.408 e. The lowest BCUT2D eigenvalue weighted by Crippen LogP contribution is -2.53. The Labute approximate surface area is 153 Å². The van der Waals surface area contributed by atoms with E-state index in [-0.39, 0.29) is 12.8 Å². The van der Waals surface area contributed by atoms with Crippen molar-refractivity contribution in [1.29, 1.82) is 0 Å². The number of para-hydroxylation sites is 1. The molecule has 2 aromatic rings. The van der Waals surface area contributed by atoms with Gasteiger partial charge in [0.15, 0.2) is 0 Å². The topological polar surface area (TPSA) is 67.4 Å². The molecule has 0 aromatic heterocycles. The normalized spacial score (nSPS) is 19.9. The number of hydrogen-bond acceptors (Lipinski definition) is 3. The molecule has 142 valence electrons. The van der Waals surface area contributed by atoms with Crippen molar-refractivity contribution >= 4 is 17.5 Å². The van der Waals surface area contributed by atoms with Gasteiger partial charge in [-0.25, -0.2) is 0 Å². The Morgan fingerprint density at radius 1 is 1.00 bits per heavy atom. The van der Waals surface area contributed by atoms with Crippen molar-refractivity contribution in [3.8, 4) is 11.5 Å². The molecule has 0 unspecified atom stereocenters. The molecule has 1 fully saturated rings. The van der Waals surface area contributed by atoms with E-state index in [4.69, 9.17) is 4.74 Å². The molecule has 1 saturated heterocycles. The van der Waals surface area contributed by atoms with E-state index in [1.54, 1.807) is 36.4 Å². The predicted octanol–water partition coefficient (Wildman–Crippen LogP) is 3.87. The highest BCUT2D eigenvalue weighted by atomic mass is 19.4. The molecule has 2 atom stereocenters. The number of carbonyl (C=O) groups excluding carboxylic acids is 2. The highest BCUT2D eigenvalue weighted by Crippen LogP contribution is 2.29. The van der Waals surface area contributed by atoms with Crippen LogP contribution in [0, 0.1) is 5.92 Å². The zero-order valence-corrected chi connectivity index (χ0v) is 14.1. The summed E-state index contributed by atoms with van der Waals surface area (Å²) in [5, 5.41) is 4.41. The Bertz CT molecular complexity index is 807. The summed E-state index contributed by atoms with van der Waals surface area (Å²) in [6.45, 7) is 0. The predicted molar refractivity (Wildman–Crippen MR) is 92.3 cm³/mol. The number of benzene rings is 2. The van der Waals surface area contributed by atoms with Gasteiger partial charge in [0.25, 0.3) is 0 Å². The molecule has 3 rings (SSSR count). The fourth-order valence-electron chi connectivity index (χ4n) is 2.76. The Hall–Kier alpha value is -3.03. The van der Waals surface area contributed by atoms with Gasteiger partial charge in [-0.05, 0) is 49.2 Å². The SMILES string of the molecule is O=C(Nc1ccc(Oc2ccccc2)cc1)[C@@H]1CC[C@H](C(F)(F)F)NC1=O. The summed E-state index contributed by atoms with van der Waals surface area (Å²) >= 11 is 0. The number of amides is 2. The van der Waals surface area contributed by atoms with E-state index in [9.17, 15) is 22.8 Å². The molecule has 2 amide bonds. The monoisotopic (exact) mass is 378 g/mol. The van der Waals surface area contributed by atoms with Crippen molar-refractivity contribution in [1.82, 2.24) is 5.32 Å².